The highest BCUT2D eigenvalue weighted by molar-refractivity contribution is 6.10. The minimum Gasteiger partial charge on any atom is -0.378 e. The van der Waals surface area contributed by atoms with Gasteiger partial charge in [-0.05, 0) is 27.8 Å². The molecule has 2 fully saturated rings. The van der Waals surface area contributed by atoms with Crippen LogP contribution in [0.25, 0.3) is 0 Å². The molecule has 8 rings (SSSR count). The quantitative estimate of drug-likeness (QED) is 0.524. The Balaban J connectivity index is 1.32. The van der Waals surface area contributed by atoms with Gasteiger partial charge < -0.3 is 9.64 Å². The van der Waals surface area contributed by atoms with Crippen LogP contribution >= 0.6 is 0 Å². The first-order valence-electron chi connectivity index (χ1n) is 13.1. The molecule has 0 radical (unpaired) electrons. The number of nitrogens with zero attached hydrogens (tertiary/aromatic N) is 2. The molecule has 2 aliphatic heterocycles. The van der Waals surface area contributed by atoms with E-state index in [4.69, 9.17) is 4.74 Å². The van der Waals surface area contributed by atoms with Crippen molar-refractivity contribution in [2.45, 2.75) is 24.3 Å². The van der Waals surface area contributed by atoms with Crippen molar-refractivity contribution in [3.8, 4) is 0 Å². The summed E-state index contributed by atoms with van der Waals surface area (Å²) in [5.41, 5.74) is 5.47. The van der Waals surface area contributed by atoms with E-state index in [0.29, 0.717) is 32.7 Å². The number of ether oxygens (including phenoxy) is 1. The van der Waals surface area contributed by atoms with E-state index in [2.05, 4.69) is 24.3 Å². The molecule has 6 nitrogen and oxygen atoms in total. The maximum Gasteiger partial charge on any atom is 0.246 e. The van der Waals surface area contributed by atoms with Gasteiger partial charge in [0.2, 0.25) is 17.7 Å². The molecule has 0 N–H and O–H groups in total. The summed E-state index contributed by atoms with van der Waals surface area (Å²) in [5, 5.41) is 0. The lowest BCUT2D eigenvalue weighted by Crippen LogP contribution is -2.54. The molecule has 3 atom stereocenters. The second kappa shape index (κ2) is 8.67. The molecule has 0 unspecified atom stereocenters. The van der Waals surface area contributed by atoms with Gasteiger partial charge in [0.15, 0.2) is 0 Å². The van der Waals surface area contributed by atoms with Gasteiger partial charge in [0.1, 0.15) is 6.04 Å². The summed E-state index contributed by atoms with van der Waals surface area (Å²) >= 11 is 0. The Morgan fingerprint density at radius 3 is 1.68 bits per heavy atom. The Hall–Kier alpha value is -3.77. The average molecular weight is 493 g/mol. The van der Waals surface area contributed by atoms with E-state index in [0.717, 1.165) is 27.8 Å². The Labute approximate surface area is 215 Å². The third-order valence-corrected chi connectivity index (χ3v) is 8.67. The summed E-state index contributed by atoms with van der Waals surface area (Å²) in [4.78, 5) is 45.6. The number of morpholine rings is 1. The topological polar surface area (TPSA) is 66.9 Å². The summed E-state index contributed by atoms with van der Waals surface area (Å²) in [7, 11) is 0. The Bertz CT molecular complexity index is 1280. The molecule has 6 heteroatoms. The van der Waals surface area contributed by atoms with Crippen LogP contribution in [0.3, 0.4) is 0 Å². The van der Waals surface area contributed by atoms with Crippen molar-refractivity contribution in [3.63, 3.8) is 0 Å². The maximum atomic E-state index is 14.3. The van der Waals surface area contributed by atoms with Gasteiger partial charge in [-0.1, -0.05) is 78.9 Å². The van der Waals surface area contributed by atoms with E-state index in [1.54, 1.807) is 4.90 Å². The van der Waals surface area contributed by atoms with Crippen molar-refractivity contribution in [2.24, 2.45) is 11.8 Å². The predicted octanol–water partition coefficient (Wildman–Crippen LogP) is 3.35. The molecule has 186 valence electrons. The molecule has 3 amide bonds. The first kappa shape index (κ1) is 22.4. The van der Waals surface area contributed by atoms with E-state index in [-0.39, 0.29) is 29.6 Å². The zero-order chi connectivity index (χ0) is 25.1. The molecule has 3 aromatic rings. The number of rotatable bonds is 4. The highest BCUT2D eigenvalue weighted by atomic mass is 16.5. The Kier molecular flexibility index (Phi) is 5.25. The van der Waals surface area contributed by atoms with Crippen LogP contribution in [0.2, 0.25) is 0 Å². The highest BCUT2D eigenvalue weighted by Crippen LogP contribution is 2.61. The van der Waals surface area contributed by atoms with Crippen molar-refractivity contribution in [1.82, 2.24) is 9.80 Å². The number of imide groups is 1. The van der Waals surface area contributed by atoms with Crippen LogP contribution in [0, 0.1) is 11.8 Å². The van der Waals surface area contributed by atoms with Crippen LogP contribution in [0.5, 0.6) is 0 Å². The minimum atomic E-state index is -0.864. The van der Waals surface area contributed by atoms with Gasteiger partial charge in [-0.25, -0.2) is 0 Å². The standard InChI is InChI=1S/C31H28N2O4/c34-29(32-14-16-37-17-15-32)24(18-19-8-2-1-3-9-19)33-30(35)27-25-20-10-4-5-11-21(20)26(28(27)31(33)36)23-13-7-6-12-22(23)25/h1-13,24-28H,14-18H2/t24-,25?,26?,27+,28+/m1/s1. The largest absolute Gasteiger partial charge is 0.378 e. The van der Waals surface area contributed by atoms with Gasteiger partial charge in [-0.15, -0.1) is 0 Å². The molecule has 2 saturated heterocycles. The summed E-state index contributed by atoms with van der Waals surface area (Å²) in [6.45, 7) is 1.86. The third-order valence-electron chi connectivity index (χ3n) is 8.67. The maximum absolute atomic E-state index is 14.3. The molecule has 0 spiro atoms. The molecule has 0 aromatic heterocycles. The monoisotopic (exact) mass is 492 g/mol. The predicted molar refractivity (Wildman–Crippen MR) is 137 cm³/mol. The number of amides is 3. The fourth-order valence-electron chi connectivity index (χ4n) is 7.13. The first-order valence-corrected chi connectivity index (χ1v) is 13.1. The smallest absolute Gasteiger partial charge is 0.246 e. The van der Waals surface area contributed by atoms with Crippen molar-refractivity contribution in [1.29, 1.82) is 0 Å². The molecule has 2 heterocycles. The molecule has 3 aliphatic carbocycles. The fourth-order valence-corrected chi connectivity index (χ4v) is 7.13. The molecule has 0 saturated carbocycles. The third kappa shape index (κ3) is 3.32. The van der Waals surface area contributed by atoms with Gasteiger partial charge in [0.05, 0.1) is 25.0 Å². The summed E-state index contributed by atoms with van der Waals surface area (Å²) in [5.74, 6) is -1.93. The molecule has 2 bridgehead atoms. The number of hydrogen-bond donors (Lipinski definition) is 0. The van der Waals surface area contributed by atoms with Crippen molar-refractivity contribution >= 4 is 17.7 Å². The number of carbonyl (C=O) groups is 3. The number of carbonyl (C=O) groups excluding carboxylic acids is 3. The molecular weight excluding hydrogens is 464 g/mol. The van der Waals surface area contributed by atoms with E-state index >= 15 is 0 Å². The number of hydrogen-bond acceptors (Lipinski definition) is 4. The second-order valence-corrected chi connectivity index (χ2v) is 10.5. The summed E-state index contributed by atoms with van der Waals surface area (Å²) in [6, 6.07) is 25.2. The molecule has 5 aliphatic rings. The van der Waals surface area contributed by atoms with Gasteiger partial charge >= 0.3 is 0 Å². The van der Waals surface area contributed by atoms with Gasteiger partial charge in [-0.2, -0.15) is 0 Å². The van der Waals surface area contributed by atoms with Crippen molar-refractivity contribution in [3.05, 3.63) is 107 Å². The van der Waals surface area contributed by atoms with Crippen LogP contribution < -0.4 is 0 Å². The van der Waals surface area contributed by atoms with Crippen molar-refractivity contribution < 1.29 is 19.1 Å². The lowest BCUT2D eigenvalue weighted by molar-refractivity contribution is -0.153. The number of likely N-dealkylation sites (tertiary alicyclic amines) is 1. The molecule has 3 aromatic carbocycles. The fraction of sp³-hybridized carbons (Fsp3) is 0.323. The van der Waals surface area contributed by atoms with E-state index in [9.17, 15) is 14.4 Å². The van der Waals surface area contributed by atoms with E-state index in [1.165, 1.54) is 4.90 Å². The summed E-state index contributed by atoms with van der Waals surface area (Å²) in [6.07, 6.45) is 0.309. The van der Waals surface area contributed by atoms with Gasteiger partial charge in [-0.3, -0.25) is 19.3 Å². The first-order chi connectivity index (χ1) is 18.1. The normalized spacial score (nSPS) is 26.5. The van der Waals surface area contributed by atoms with Crippen LogP contribution in [0.1, 0.15) is 39.7 Å². The molecule has 37 heavy (non-hydrogen) atoms. The van der Waals surface area contributed by atoms with Crippen LogP contribution in [-0.2, 0) is 25.5 Å². The average Bonchev–Trinajstić information content (AvgIpc) is 3.22. The van der Waals surface area contributed by atoms with E-state index < -0.39 is 17.9 Å². The Morgan fingerprint density at radius 1 is 0.730 bits per heavy atom. The Morgan fingerprint density at radius 2 is 1.19 bits per heavy atom. The lowest BCUT2D eigenvalue weighted by Gasteiger charge is -2.45. The lowest BCUT2D eigenvalue weighted by atomic mass is 9.55. The van der Waals surface area contributed by atoms with Gasteiger partial charge in [0, 0.05) is 31.3 Å². The van der Waals surface area contributed by atoms with Crippen LogP contribution in [0.4, 0.5) is 0 Å². The SMILES string of the molecule is O=C([C@@H](Cc1ccccc1)N1C(=O)[C@H]2C3c4ccccc4C(c4ccccc43)[C@@H]2C1=O)N1CCOCC1. The molecular formula is C31H28N2O4. The number of benzene rings is 3. The summed E-state index contributed by atoms with van der Waals surface area (Å²) < 4.78 is 5.46. The zero-order valence-electron chi connectivity index (χ0n) is 20.5. The van der Waals surface area contributed by atoms with E-state index in [1.807, 2.05) is 54.6 Å². The zero-order valence-corrected chi connectivity index (χ0v) is 20.5. The highest BCUT2D eigenvalue weighted by Gasteiger charge is 2.63. The van der Waals surface area contributed by atoms with Crippen LogP contribution in [-0.4, -0.2) is 59.9 Å². The van der Waals surface area contributed by atoms with Crippen molar-refractivity contribution in [2.75, 3.05) is 26.3 Å². The second-order valence-electron chi connectivity index (χ2n) is 10.5. The van der Waals surface area contributed by atoms with Crippen LogP contribution in [0.15, 0.2) is 78.9 Å². The van der Waals surface area contributed by atoms with Gasteiger partial charge in [0.25, 0.3) is 0 Å². The minimum absolute atomic E-state index is 0.171.